The molecule has 0 bridgehead atoms. The normalized spacial score (nSPS) is 11.5. The van der Waals surface area contributed by atoms with E-state index in [-0.39, 0.29) is 5.75 Å². The summed E-state index contributed by atoms with van der Waals surface area (Å²) in [6.07, 6.45) is 0.688. The third kappa shape index (κ3) is 2.65. The molecule has 3 rings (SSSR count). The average Bonchev–Trinajstić information content (AvgIpc) is 2.54. The lowest BCUT2D eigenvalue weighted by molar-refractivity contribution is 0.112. The lowest BCUT2D eigenvalue weighted by Crippen LogP contribution is -2.07. The van der Waals surface area contributed by atoms with Crippen molar-refractivity contribution in [1.29, 1.82) is 0 Å². The Morgan fingerprint density at radius 3 is 2.32 bits per heavy atom. The smallest absolute Gasteiger partial charge is 0.183 e. The van der Waals surface area contributed by atoms with Crippen LogP contribution in [0.1, 0.15) is 15.9 Å². The highest BCUT2D eigenvalue weighted by Gasteiger charge is 2.19. The van der Waals surface area contributed by atoms with Crippen molar-refractivity contribution >= 4 is 26.9 Å². The van der Waals surface area contributed by atoms with Crippen LogP contribution in [0.15, 0.2) is 71.6 Å². The van der Waals surface area contributed by atoms with Crippen LogP contribution in [0.4, 0.5) is 0 Å². The monoisotopic (exact) mass is 310 g/mol. The third-order valence-corrected chi connectivity index (χ3v) is 5.33. The summed E-state index contributed by atoms with van der Waals surface area (Å²) in [5.74, 6) is -0.185. The van der Waals surface area contributed by atoms with E-state index in [1.165, 1.54) is 0 Å². The second kappa shape index (κ2) is 5.73. The summed E-state index contributed by atoms with van der Waals surface area (Å²) in [7, 11) is -3.53. The Morgan fingerprint density at radius 2 is 1.50 bits per heavy atom. The van der Waals surface area contributed by atoms with Gasteiger partial charge in [-0.3, -0.25) is 4.79 Å². The van der Waals surface area contributed by atoms with Crippen molar-refractivity contribution < 1.29 is 13.2 Å². The van der Waals surface area contributed by atoms with Gasteiger partial charge in [0.2, 0.25) is 0 Å². The van der Waals surface area contributed by atoms with Crippen molar-refractivity contribution in [3.63, 3.8) is 0 Å². The molecule has 0 radical (unpaired) electrons. The summed E-state index contributed by atoms with van der Waals surface area (Å²) >= 11 is 0. The molecular formula is C18H14O3S. The number of sulfone groups is 1. The number of rotatable bonds is 4. The van der Waals surface area contributed by atoms with Gasteiger partial charge in [-0.25, -0.2) is 8.42 Å². The van der Waals surface area contributed by atoms with Gasteiger partial charge in [-0.2, -0.15) is 0 Å². The molecule has 3 aromatic carbocycles. The molecule has 0 aliphatic rings. The van der Waals surface area contributed by atoms with E-state index in [1.807, 2.05) is 24.3 Å². The highest BCUT2D eigenvalue weighted by Crippen LogP contribution is 2.26. The van der Waals surface area contributed by atoms with E-state index in [1.54, 1.807) is 42.5 Å². The zero-order valence-electron chi connectivity index (χ0n) is 11.8. The van der Waals surface area contributed by atoms with Crippen molar-refractivity contribution in [2.24, 2.45) is 0 Å². The van der Waals surface area contributed by atoms with Gasteiger partial charge in [0.1, 0.15) is 6.29 Å². The van der Waals surface area contributed by atoms with Crippen LogP contribution >= 0.6 is 0 Å². The molecule has 0 spiro atoms. The first-order chi connectivity index (χ1) is 10.6. The van der Waals surface area contributed by atoms with E-state index in [9.17, 15) is 13.2 Å². The molecule has 0 saturated heterocycles. The molecule has 0 aromatic heterocycles. The summed E-state index contributed by atoms with van der Waals surface area (Å²) in [5, 5.41) is 1.58. The predicted octanol–water partition coefficient (Wildman–Crippen LogP) is 3.63. The molecule has 0 unspecified atom stereocenters. The molecule has 0 aliphatic heterocycles. The molecule has 3 nitrogen and oxygen atoms in total. The fourth-order valence-corrected chi connectivity index (χ4v) is 4.16. The van der Waals surface area contributed by atoms with E-state index >= 15 is 0 Å². The first-order valence-electron chi connectivity index (χ1n) is 6.85. The highest BCUT2D eigenvalue weighted by molar-refractivity contribution is 7.90. The molecule has 3 aromatic rings. The van der Waals surface area contributed by atoms with E-state index in [0.717, 1.165) is 5.39 Å². The Labute approximate surface area is 129 Å². The Hall–Kier alpha value is -2.46. The summed E-state index contributed by atoms with van der Waals surface area (Å²) in [5.41, 5.74) is 0.928. The second-order valence-electron chi connectivity index (χ2n) is 5.05. The van der Waals surface area contributed by atoms with Gasteiger partial charge in [0.15, 0.2) is 9.84 Å². The molecule has 0 aliphatic carbocycles. The standard InChI is InChI=1S/C18H14O3S/c19-12-15-7-1-2-8-16(15)13-22(20,21)18-11-5-9-14-6-3-4-10-17(14)18/h1-12H,13H2. The molecule has 110 valence electrons. The van der Waals surface area contributed by atoms with Gasteiger partial charge in [-0.05, 0) is 17.0 Å². The molecular weight excluding hydrogens is 296 g/mol. The minimum Gasteiger partial charge on any atom is -0.298 e. The van der Waals surface area contributed by atoms with Crippen LogP contribution in [0.5, 0.6) is 0 Å². The maximum Gasteiger partial charge on any atom is 0.183 e. The number of hydrogen-bond donors (Lipinski definition) is 0. The third-order valence-electron chi connectivity index (χ3n) is 3.61. The van der Waals surface area contributed by atoms with Crippen molar-refractivity contribution in [2.75, 3.05) is 0 Å². The lowest BCUT2D eigenvalue weighted by Gasteiger charge is -2.09. The number of hydrogen-bond acceptors (Lipinski definition) is 3. The van der Waals surface area contributed by atoms with Crippen molar-refractivity contribution in [1.82, 2.24) is 0 Å². The van der Waals surface area contributed by atoms with Gasteiger partial charge >= 0.3 is 0 Å². The van der Waals surface area contributed by atoms with Crippen molar-refractivity contribution in [3.05, 3.63) is 77.9 Å². The molecule has 0 N–H and O–H groups in total. The Morgan fingerprint density at radius 1 is 0.818 bits per heavy atom. The lowest BCUT2D eigenvalue weighted by atomic mass is 10.1. The molecule has 0 atom stereocenters. The number of carbonyl (C=O) groups excluding carboxylic acids is 1. The van der Waals surface area contributed by atoms with E-state index in [0.29, 0.717) is 27.7 Å². The van der Waals surface area contributed by atoms with Gasteiger partial charge in [0, 0.05) is 10.9 Å². The summed E-state index contributed by atoms with van der Waals surface area (Å²) < 4.78 is 25.5. The van der Waals surface area contributed by atoms with Crippen LogP contribution in [0, 0.1) is 0 Å². The van der Waals surface area contributed by atoms with Crippen LogP contribution in [0.3, 0.4) is 0 Å². The molecule has 0 fully saturated rings. The number of fused-ring (bicyclic) bond motifs is 1. The van der Waals surface area contributed by atoms with Gasteiger partial charge in [-0.1, -0.05) is 60.7 Å². The summed E-state index contributed by atoms with van der Waals surface area (Å²) in [6.45, 7) is 0. The SMILES string of the molecule is O=Cc1ccccc1CS(=O)(=O)c1cccc2ccccc12. The Bertz CT molecular complexity index is 938. The molecule has 22 heavy (non-hydrogen) atoms. The quantitative estimate of drug-likeness (QED) is 0.691. The fraction of sp³-hybridized carbons (Fsp3) is 0.0556. The summed E-state index contributed by atoms with van der Waals surface area (Å²) in [4.78, 5) is 11.4. The van der Waals surface area contributed by atoms with Crippen LogP contribution in [-0.2, 0) is 15.6 Å². The first-order valence-corrected chi connectivity index (χ1v) is 8.51. The maximum absolute atomic E-state index is 12.8. The minimum atomic E-state index is -3.53. The predicted molar refractivity (Wildman–Crippen MR) is 86.7 cm³/mol. The van der Waals surface area contributed by atoms with Gasteiger partial charge in [0.25, 0.3) is 0 Å². The Kier molecular flexibility index (Phi) is 3.77. The van der Waals surface area contributed by atoms with Gasteiger partial charge in [-0.15, -0.1) is 0 Å². The van der Waals surface area contributed by atoms with Gasteiger partial charge < -0.3 is 0 Å². The van der Waals surface area contributed by atoms with Gasteiger partial charge in [0.05, 0.1) is 10.6 Å². The number of carbonyl (C=O) groups is 1. The summed E-state index contributed by atoms with van der Waals surface area (Å²) in [6, 6.07) is 19.4. The maximum atomic E-state index is 12.8. The topological polar surface area (TPSA) is 51.2 Å². The highest BCUT2D eigenvalue weighted by atomic mass is 32.2. The van der Waals surface area contributed by atoms with E-state index in [2.05, 4.69) is 0 Å². The van der Waals surface area contributed by atoms with Crippen LogP contribution in [0.2, 0.25) is 0 Å². The van der Waals surface area contributed by atoms with Crippen LogP contribution < -0.4 is 0 Å². The zero-order chi connectivity index (χ0) is 15.6. The van der Waals surface area contributed by atoms with Crippen molar-refractivity contribution in [2.45, 2.75) is 10.6 Å². The molecule has 0 heterocycles. The number of benzene rings is 3. The zero-order valence-corrected chi connectivity index (χ0v) is 12.6. The number of aldehydes is 1. The van der Waals surface area contributed by atoms with E-state index < -0.39 is 9.84 Å². The second-order valence-corrected chi connectivity index (χ2v) is 7.01. The first kappa shape index (κ1) is 14.5. The molecule has 0 saturated carbocycles. The molecule has 4 heteroatoms. The van der Waals surface area contributed by atoms with Crippen LogP contribution in [-0.4, -0.2) is 14.7 Å². The average molecular weight is 310 g/mol. The minimum absolute atomic E-state index is 0.185. The largest absolute Gasteiger partial charge is 0.298 e. The van der Waals surface area contributed by atoms with Crippen molar-refractivity contribution in [3.8, 4) is 0 Å². The Balaban J connectivity index is 2.11. The fourth-order valence-electron chi connectivity index (χ4n) is 2.53. The van der Waals surface area contributed by atoms with E-state index in [4.69, 9.17) is 0 Å². The molecule has 0 amide bonds. The van der Waals surface area contributed by atoms with Crippen LogP contribution in [0.25, 0.3) is 10.8 Å².